The molecule has 0 spiro atoms. The lowest BCUT2D eigenvalue weighted by Gasteiger charge is -2.33. The Morgan fingerprint density at radius 2 is 1.89 bits per heavy atom. The van der Waals surface area contributed by atoms with E-state index in [1.165, 1.54) is 24.6 Å². The van der Waals surface area contributed by atoms with E-state index in [0.29, 0.717) is 11.8 Å². The van der Waals surface area contributed by atoms with Crippen LogP contribution in [-0.4, -0.2) is 46.0 Å². The quantitative estimate of drug-likeness (QED) is 0.816. The largest absolute Gasteiger partial charge is 0.481 e. The van der Waals surface area contributed by atoms with Crippen molar-refractivity contribution in [2.24, 2.45) is 5.92 Å². The number of rotatable bonds is 6. The highest BCUT2D eigenvalue weighted by Crippen LogP contribution is 2.27. The summed E-state index contributed by atoms with van der Waals surface area (Å²) in [7, 11) is 1.88. The normalized spacial score (nSPS) is 24.8. The maximum Gasteiger partial charge on any atom is 0.304 e. The second-order valence-electron chi connectivity index (χ2n) is 5.64. The van der Waals surface area contributed by atoms with Gasteiger partial charge in [-0.3, -0.25) is 9.59 Å². The third-order valence-electron chi connectivity index (χ3n) is 3.88. The molecule has 0 radical (unpaired) electrons. The van der Waals surface area contributed by atoms with Crippen LogP contribution in [0.4, 0.5) is 0 Å². The highest BCUT2D eigenvalue weighted by atomic mass is 32.2. The van der Waals surface area contributed by atoms with Crippen LogP contribution in [0.3, 0.4) is 0 Å². The first-order valence-corrected chi connectivity index (χ1v) is 8.04. The standard InChI is InChI=1S/C14H25NO3S/c1-10-4-6-12(7-5-10)15(3)13(16)9-19-11(2)8-14(17)18/h10-12H,4-9H2,1-3H3,(H,17,18). The van der Waals surface area contributed by atoms with E-state index in [0.717, 1.165) is 18.8 Å². The third kappa shape index (κ3) is 5.85. The molecule has 1 fully saturated rings. The Morgan fingerprint density at radius 1 is 1.32 bits per heavy atom. The monoisotopic (exact) mass is 287 g/mol. The Kier molecular flexibility index (Phi) is 6.69. The maximum absolute atomic E-state index is 12.1. The minimum absolute atomic E-state index is 0.0128. The summed E-state index contributed by atoms with van der Waals surface area (Å²) in [5.74, 6) is 0.491. The van der Waals surface area contributed by atoms with E-state index in [9.17, 15) is 9.59 Å². The zero-order chi connectivity index (χ0) is 14.4. The smallest absolute Gasteiger partial charge is 0.304 e. The zero-order valence-electron chi connectivity index (χ0n) is 12.1. The fourth-order valence-electron chi connectivity index (χ4n) is 2.45. The molecule has 0 aromatic rings. The van der Waals surface area contributed by atoms with E-state index in [-0.39, 0.29) is 17.6 Å². The Labute approximate surface area is 119 Å². The van der Waals surface area contributed by atoms with Gasteiger partial charge in [0, 0.05) is 18.3 Å². The van der Waals surface area contributed by atoms with Crippen molar-refractivity contribution < 1.29 is 14.7 Å². The molecule has 0 saturated heterocycles. The van der Waals surface area contributed by atoms with E-state index < -0.39 is 5.97 Å². The van der Waals surface area contributed by atoms with Crippen molar-refractivity contribution in [2.45, 2.75) is 57.2 Å². The van der Waals surface area contributed by atoms with Crippen molar-refractivity contribution in [3.8, 4) is 0 Å². The molecule has 1 aliphatic carbocycles. The van der Waals surface area contributed by atoms with Crippen molar-refractivity contribution in [3.63, 3.8) is 0 Å². The van der Waals surface area contributed by atoms with Gasteiger partial charge in [0.2, 0.25) is 5.91 Å². The number of hydrogen-bond donors (Lipinski definition) is 1. The van der Waals surface area contributed by atoms with Crippen molar-refractivity contribution in [1.82, 2.24) is 4.90 Å². The average molecular weight is 287 g/mol. The van der Waals surface area contributed by atoms with Gasteiger partial charge in [0.1, 0.15) is 0 Å². The molecule has 19 heavy (non-hydrogen) atoms. The lowest BCUT2D eigenvalue weighted by molar-refractivity contribution is -0.137. The van der Waals surface area contributed by atoms with Crippen LogP contribution in [-0.2, 0) is 9.59 Å². The molecule has 1 N–H and O–H groups in total. The van der Waals surface area contributed by atoms with Gasteiger partial charge in [-0.1, -0.05) is 13.8 Å². The molecule has 0 aromatic heterocycles. The number of carboxylic acids is 1. The number of thioether (sulfide) groups is 1. The summed E-state index contributed by atoms with van der Waals surface area (Å²) >= 11 is 1.43. The predicted molar refractivity (Wildman–Crippen MR) is 78.4 cm³/mol. The van der Waals surface area contributed by atoms with E-state index in [4.69, 9.17) is 5.11 Å². The van der Waals surface area contributed by atoms with Crippen LogP contribution >= 0.6 is 11.8 Å². The van der Waals surface area contributed by atoms with Gasteiger partial charge in [0.05, 0.1) is 12.2 Å². The lowest BCUT2D eigenvalue weighted by atomic mass is 9.87. The minimum Gasteiger partial charge on any atom is -0.481 e. The van der Waals surface area contributed by atoms with Gasteiger partial charge in [-0.15, -0.1) is 11.8 Å². The van der Waals surface area contributed by atoms with Gasteiger partial charge in [-0.05, 0) is 31.6 Å². The number of nitrogens with zero attached hydrogens (tertiary/aromatic N) is 1. The van der Waals surface area contributed by atoms with Crippen molar-refractivity contribution in [3.05, 3.63) is 0 Å². The number of carboxylic acid groups (broad SMARTS) is 1. The van der Waals surface area contributed by atoms with E-state index in [1.807, 2.05) is 18.9 Å². The summed E-state index contributed by atoms with van der Waals surface area (Å²) in [5, 5.41) is 8.67. The Hall–Kier alpha value is -0.710. The summed E-state index contributed by atoms with van der Waals surface area (Å²) in [4.78, 5) is 24.5. The summed E-state index contributed by atoms with van der Waals surface area (Å²) in [6.45, 7) is 4.12. The second-order valence-corrected chi connectivity index (χ2v) is 7.06. The first kappa shape index (κ1) is 16.3. The molecule has 4 nitrogen and oxygen atoms in total. The van der Waals surface area contributed by atoms with Gasteiger partial charge >= 0.3 is 5.97 Å². The molecule has 1 unspecified atom stereocenters. The average Bonchev–Trinajstić information content (AvgIpc) is 2.35. The van der Waals surface area contributed by atoms with E-state index >= 15 is 0 Å². The second kappa shape index (κ2) is 7.78. The molecule has 110 valence electrons. The van der Waals surface area contributed by atoms with Crippen LogP contribution in [0.5, 0.6) is 0 Å². The molecule has 1 aliphatic rings. The summed E-state index contributed by atoms with van der Waals surface area (Å²) in [6.07, 6.45) is 4.70. The molecule has 0 bridgehead atoms. The molecule has 1 saturated carbocycles. The SMILES string of the molecule is CC1CCC(N(C)C(=O)CSC(C)CC(=O)O)CC1. The fraction of sp³-hybridized carbons (Fsp3) is 0.857. The van der Waals surface area contributed by atoms with Gasteiger partial charge in [0.15, 0.2) is 0 Å². The highest BCUT2D eigenvalue weighted by molar-refractivity contribution is 8.00. The number of carbonyl (C=O) groups excluding carboxylic acids is 1. The topological polar surface area (TPSA) is 57.6 Å². The Balaban J connectivity index is 2.30. The summed E-state index contributed by atoms with van der Waals surface area (Å²) < 4.78 is 0. The van der Waals surface area contributed by atoms with Crippen LogP contribution in [0, 0.1) is 5.92 Å². The van der Waals surface area contributed by atoms with Crippen molar-refractivity contribution in [1.29, 1.82) is 0 Å². The Bertz CT molecular complexity index is 314. The molecule has 5 heteroatoms. The van der Waals surface area contributed by atoms with Crippen LogP contribution in [0.15, 0.2) is 0 Å². The van der Waals surface area contributed by atoms with Crippen LogP contribution in [0.1, 0.15) is 46.0 Å². The third-order valence-corrected chi connectivity index (χ3v) is 5.03. The predicted octanol–water partition coefficient (Wildman–Crippen LogP) is 2.62. The fourth-order valence-corrected chi connectivity index (χ4v) is 3.34. The molecule has 1 atom stereocenters. The molecule has 0 aromatic carbocycles. The first-order valence-electron chi connectivity index (χ1n) is 6.99. The first-order chi connectivity index (χ1) is 8.90. The van der Waals surface area contributed by atoms with E-state index in [1.54, 1.807) is 0 Å². The molecule has 0 aliphatic heterocycles. The summed E-state index contributed by atoms with van der Waals surface area (Å²) in [5.41, 5.74) is 0. The molecule has 1 amide bonds. The number of amides is 1. The van der Waals surface area contributed by atoms with Gasteiger partial charge < -0.3 is 10.0 Å². The molecular weight excluding hydrogens is 262 g/mol. The number of aliphatic carboxylic acids is 1. The number of hydrogen-bond acceptors (Lipinski definition) is 3. The number of carbonyl (C=O) groups is 2. The van der Waals surface area contributed by atoms with Crippen molar-refractivity contribution in [2.75, 3.05) is 12.8 Å². The molecular formula is C14H25NO3S. The minimum atomic E-state index is -0.804. The van der Waals surface area contributed by atoms with Crippen molar-refractivity contribution >= 4 is 23.6 Å². The van der Waals surface area contributed by atoms with Gasteiger partial charge in [-0.25, -0.2) is 0 Å². The van der Waals surface area contributed by atoms with Crippen LogP contribution in [0.2, 0.25) is 0 Å². The molecule has 0 heterocycles. The Morgan fingerprint density at radius 3 is 2.42 bits per heavy atom. The maximum atomic E-state index is 12.1. The molecule has 1 rings (SSSR count). The lowest BCUT2D eigenvalue weighted by Crippen LogP contribution is -2.40. The van der Waals surface area contributed by atoms with E-state index in [2.05, 4.69) is 6.92 Å². The van der Waals surface area contributed by atoms with Crippen LogP contribution in [0.25, 0.3) is 0 Å². The van der Waals surface area contributed by atoms with Gasteiger partial charge in [-0.2, -0.15) is 0 Å². The summed E-state index contributed by atoms with van der Waals surface area (Å²) in [6, 6.07) is 0.374. The van der Waals surface area contributed by atoms with Gasteiger partial charge in [0.25, 0.3) is 0 Å². The van der Waals surface area contributed by atoms with Crippen LogP contribution < -0.4 is 0 Å². The highest BCUT2D eigenvalue weighted by Gasteiger charge is 2.25. The zero-order valence-corrected chi connectivity index (χ0v) is 12.9.